The zero-order valence-corrected chi connectivity index (χ0v) is 14.2. The van der Waals surface area contributed by atoms with E-state index in [1.54, 1.807) is 0 Å². The van der Waals surface area contributed by atoms with E-state index in [4.69, 9.17) is 0 Å². The average molecular weight is 295 g/mol. The van der Waals surface area contributed by atoms with Gasteiger partial charge < -0.3 is 4.90 Å². The first-order chi connectivity index (χ1) is 10.7. The predicted molar refractivity (Wildman–Crippen MR) is 97.6 cm³/mol. The van der Waals surface area contributed by atoms with Gasteiger partial charge in [-0.3, -0.25) is 0 Å². The van der Waals surface area contributed by atoms with Gasteiger partial charge in [-0.15, -0.1) is 0 Å². The van der Waals surface area contributed by atoms with Gasteiger partial charge in [-0.2, -0.15) is 0 Å². The highest BCUT2D eigenvalue weighted by atomic mass is 15.1. The van der Waals surface area contributed by atoms with Gasteiger partial charge in [0, 0.05) is 18.8 Å². The van der Waals surface area contributed by atoms with Gasteiger partial charge in [-0.05, 0) is 42.4 Å². The summed E-state index contributed by atoms with van der Waals surface area (Å²) < 4.78 is 0. The van der Waals surface area contributed by atoms with Crippen LogP contribution in [0.4, 0.5) is 5.69 Å². The van der Waals surface area contributed by atoms with E-state index in [9.17, 15) is 0 Å². The number of anilines is 1. The monoisotopic (exact) mass is 295 g/mol. The minimum atomic E-state index is 0.742. The maximum Gasteiger partial charge on any atom is 0.0366 e. The van der Waals surface area contributed by atoms with Gasteiger partial charge in [0.25, 0.3) is 0 Å². The van der Waals surface area contributed by atoms with Crippen LogP contribution in [0.1, 0.15) is 45.1 Å². The Labute approximate surface area is 136 Å². The largest absolute Gasteiger partial charge is 0.371 e. The Morgan fingerprint density at radius 2 is 1.23 bits per heavy atom. The van der Waals surface area contributed by atoms with Crippen molar-refractivity contribution in [1.82, 2.24) is 0 Å². The topological polar surface area (TPSA) is 3.24 Å². The van der Waals surface area contributed by atoms with E-state index in [-0.39, 0.29) is 0 Å². The minimum Gasteiger partial charge on any atom is -0.371 e. The summed E-state index contributed by atoms with van der Waals surface area (Å²) in [6, 6.07) is 21.7. The molecule has 1 aliphatic heterocycles. The molecule has 0 radical (unpaired) electrons. The summed E-state index contributed by atoms with van der Waals surface area (Å²) in [4.78, 5) is 2.50. The van der Waals surface area contributed by atoms with Crippen molar-refractivity contribution in [1.29, 1.82) is 0 Å². The highest BCUT2D eigenvalue weighted by Gasteiger charge is 2.20. The first-order valence-corrected chi connectivity index (χ1v) is 8.51. The molecule has 0 amide bonds. The van der Waals surface area contributed by atoms with Crippen LogP contribution in [0.5, 0.6) is 0 Å². The number of benzene rings is 2. The second-order valence-electron chi connectivity index (χ2n) is 6.74. The number of hydrogen-bond acceptors (Lipinski definition) is 1. The number of nitrogens with zero attached hydrogens (tertiary/aromatic N) is 1. The lowest BCUT2D eigenvalue weighted by atomic mass is 9.89. The van der Waals surface area contributed by atoms with E-state index >= 15 is 0 Å². The zero-order valence-electron chi connectivity index (χ0n) is 14.2. The molecule has 1 saturated heterocycles. The Hall–Kier alpha value is -1.76. The molecule has 3 rings (SSSR count). The summed E-state index contributed by atoms with van der Waals surface area (Å²) >= 11 is 0. The molecule has 1 fully saturated rings. The molecule has 1 heteroatoms. The first-order valence-electron chi connectivity index (χ1n) is 8.51. The Morgan fingerprint density at radius 1 is 0.773 bits per heavy atom. The fourth-order valence-electron chi connectivity index (χ4n) is 2.84. The van der Waals surface area contributed by atoms with Crippen molar-refractivity contribution in [3.8, 4) is 0 Å². The van der Waals surface area contributed by atoms with Gasteiger partial charge >= 0.3 is 0 Å². The van der Waals surface area contributed by atoms with Crippen molar-refractivity contribution in [2.45, 2.75) is 39.5 Å². The van der Waals surface area contributed by atoms with Gasteiger partial charge in [0.15, 0.2) is 0 Å². The molecule has 118 valence electrons. The molecule has 0 aromatic heterocycles. The van der Waals surface area contributed by atoms with Gasteiger partial charge in [0.05, 0.1) is 0 Å². The SMILES string of the molecule is CC(C)C.c1ccc(C2CCN(c3ccccc3)CC2)cc1. The lowest BCUT2D eigenvalue weighted by molar-refractivity contribution is 0.505. The summed E-state index contributed by atoms with van der Waals surface area (Å²) in [5.74, 6) is 1.58. The first kappa shape index (κ1) is 16.6. The lowest BCUT2D eigenvalue weighted by Crippen LogP contribution is -2.32. The van der Waals surface area contributed by atoms with Crippen molar-refractivity contribution < 1.29 is 0 Å². The Balaban J connectivity index is 0.000000396. The predicted octanol–water partition coefficient (Wildman–Crippen LogP) is 5.73. The van der Waals surface area contributed by atoms with Gasteiger partial charge in [-0.25, -0.2) is 0 Å². The Morgan fingerprint density at radius 3 is 1.73 bits per heavy atom. The molecule has 2 aromatic rings. The normalized spacial score (nSPS) is 15.4. The molecule has 1 heterocycles. The fraction of sp³-hybridized carbons (Fsp3) is 0.429. The number of rotatable bonds is 2. The molecule has 1 nitrogen and oxygen atoms in total. The van der Waals surface area contributed by atoms with E-state index in [0.29, 0.717) is 0 Å². The van der Waals surface area contributed by atoms with Crippen LogP contribution in [-0.2, 0) is 0 Å². The standard InChI is InChI=1S/C17H19N.C4H10/c1-3-7-15(8-4-1)16-11-13-18(14-12-16)17-9-5-2-6-10-17;1-4(2)3/h1-10,16H,11-14H2;4H,1-3H3. The second kappa shape index (κ2) is 8.63. The van der Waals surface area contributed by atoms with Crippen LogP contribution in [0, 0.1) is 5.92 Å². The van der Waals surface area contributed by atoms with Crippen molar-refractivity contribution in [2.75, 3.05) is 18.0 Å². The van der Waals surface area contributed by atoms with Crippen LogP contribution in [0.3, 0.4) is 0 Å². The fourth-order valence-corrected chi connectivity index (χ4v) is 2.84. The van der Waals surface area contributed by atoms with Crippen LogP contribution in [0.2, 0.25) is 0 Å². The van der Waals surface area contributed by atoms with Crippen molar-refractivity contribution in [3.63, 3.8) is 0 Å². The van der Waals surface area contributed by atoms with Crippen LogP contribution in [0.25, 0.3) is 0 Å². The lowest BCUT2D eigenvalue weighted by Gasteiger charge is -2.33. The summed E-state index contributed by atoms with van der Waals surface area (Å²) in [6.45, 7) is 8.84. The number of piperidine rings is 1. The summed E-state index contributed by atoms with van der Waals surface area (Å²) in [5, 5.41) is 0. The van der Waals surface area contributed by atoms with E-state index in [1.807, 2.05) is 0 Å². The average Bonchev–Trinajstić information content (AvgIpc) is 2.56. The molecular formula is C21H29N. The van der Waals surface area contributed by atoms with E-state index in [0.717, 1.165) is 11.8 Å². The highest BCUT2D eigenvalue weighted by Crippen LogP contribution is 2.29. The molecular weight excluding hydrogens is 266 g/mol. The molecule has 0 spiro atoms. The maximum atomic E-state index is 2.50. The van der Waals surface area contributed by atoms with E-state index in [2.05, 4.69) is 86.3 Å². The molecule has 1 aliphatic rings. The van der Waals surface area contributed by atoms with Gasteiger partial charge in [0.2, 0.25) is 0 Å². The van der Waals surface area contributed by atoms with Crippen LogP contribution in [-0.4, -0.2) is 13.1 Å². The summed E-state index contributed by atoms with van der Waals surface area (Å²) in [6.07, 6.45) is 2.53. The quantitative estimate of drug-likeness (QED) is 0.683. The molecule has 0 saturated carbocycles. The molecule has 22 heavy (non-hydrogen) atoms. The Bertz CT molecular complexity index is 460. The van der Waals surface area contributed by atoms with E-state index < -0.39 is 0 Å². The third-order valence-corrected chi connectivity index (χ3v) is 3.89. The second-order valence-corrected chi connectivity index (χ2v) is 6.74. The smallest absolute Gasteiger partial charge is 0.0366 e. The van der Waals surface area contributed by atoms with Crippen molar-refractivity contribution in [2.24, 2.45) is 5.92 Å². The molecule has 0 unspecified atom stereocenters. The molecule has 0 bridgehead atoms. The van der Waals surface area contributed by atoms with Crippen molar-refractivity contribution in [3.05, 3.63) is 66.2 Å². The van der Waals surface area contributed by atoms with Gasteiger partial charge in [0.1, 0.15) is 0 Å². The highest BCUT2D eigenvalue weighted by molar-refractivity contribution is 5.46. The molecule has 0 N–H and O–H groups in total. The van der Waals surface area contributed by atoms with Crippen LogP contribution < -0.4 is 4.90 Å². The molecule has 0 atom stereocenters. The Kier molecular flexibility index (Phi) is 6.51. The van der Waals surface area contributed by atoms with Crippen LogP contribution in [0.15, 0.2) is 60.7 Å². The van der Waals surface area contributed by atoms with Gasteiger partial charge in [-0.1, -0.05) is 69.3 Å². The third kappa shape index (κ3) is 5.22. The van der Waals surface area contributed by atoms with Crippen molar-refractivity contribution >= 4 is 5.69 Å². The molecule has 2 aromatic carbocycles. The summed E-state index contributed by atoms with van der Waals surface area (Å²) in [5.41, 5.74) is 2.87. The summed E-state index contributed by atoms with van der Waals surface area (Å²) in [7, 11) is 0. The minimum absolute atomic E-state index is 0.742. The van der Waals surface area contributed by atoms with E-state index in [1.165, 1.54) is 37.2 Å². The van der Waals surface area contributed by atoms with Crippen LogP contribution >= 0.6 is 0 Å². The zero-order chi connectivity index (χ0) is 15.8. The molecule has 0 aliphatic carbocycles. The third-order valence-electron chi connectivity index (χ3n) is 3.89. The number of para-hydroxylation sites is 1. The maximum absolute atomic E-state index is 2.50. The number of hydrogen-bond donors (Lipinski definition) is 0.